The van der Waals surface area contributed by atoms with E-state index < -0.39 is 15.4 Å². The van der Waals surface area contributed by atoms with Gasteiger partial charge in [-0.3, -0.25) is 0 Å². The first kappa shape index (κ1) is 11.6. The number of rotatable bonds is 2. The van der Waals surface area contributed by atoms with Crippen LogP contribution in [0, 0.1) is 0 Å². The Balaban J connectivity index is 2.33. The molecular weight excluding hydrogens is 226 g/mol. The topological polar surface area (TPSA) is 66.4 Å². The van der Waals surface area contributed by atoms with Gasteiger partial charge in [-0.15, -0.1) is 0 Å². The van der Waals surface area contributed by atoms with Crippen LogP contribution in [0.5, 0.6) is 0 Å². The molecule has 4 nitrogen and oxygen atoms in total. The van der Waals surface area contributed by atoms with E-state index in [0.717, 1.165) is 12.1 Å². The number of aliphatic hydroxyl groups is 1. The minimum Gasteiger partial charge on any atom is -0.384 e. The molecule has 1 atom stereocenters. The average molecular weight is 241 g/mol. The van der Waals surface area contributed by atoms with Gasteiger partial charge in [0.25, 0.3) is 0 Å². The third kappa shape index (κ3) is 2.11. The van der Waals surface area contributed by atoms with Crippen molar-refractivity contribution in [3.8, 4) is 0 Å². The van der Waals surface area contributed by atoms with Crippen molar-refractivity contribution in [2.24, 2.45) is 0 Å². The highest BCUT2D eigenvalue weighted by Gasteiger charge is 2.32. The maximum atomic E-state index is 11.3. The first-order valence-corrected chi connectivity index (χ1v) is 7.05. The maximum absolute atomic E-state index is 11.3. The summed E-state index contributed by atoms with van der Waals surface area (Å²) < 4.78 is 22.5. The predicted molar refractivity (Wildman–Crippen MR) is 60.9 cm³/mol. The second-order valence-electron chi connectivity index (χ2n) is 4.25. The molecule has 0 radical (unpaired) electrons. The van der Waals surface area contributed by atoms with Gasteiger partial charge in [-0.2, -0.15) is 0 Å². The lowest BCUT2D eigenvalue weighted by atomic mass is 9.93. The maximum Gasteiger partial charge on any atom is 0.175 e. The van der Waals surface area contributed by atoms with Crippen LogP contribution in [0.15, 0.2) is 29.2 Å². The zero-order valence-electron chi connectivity index (χ0n) is 9.10. The molecule has 0 amide bonds. The van der Waals surface area contributed by atoms with Crippen molar-refractivity contribution in [2.45, 2.75) is 16.9 Å². The van der Waals surface area contributed by atoms with Crippen LogP contribution >= 0.6 is 0 Å². The zero-order chi connectivity index (χ0) is 11.8. The monoisotopic (exact) mass is 241 g/mol. The van der Waals surface area contributed by atoms with E-state index in [1.54, 1.807) is 24.3 Å². The van der Waals surface area contributed by atoms with Crippen molar-refractivity contribution < 1.29 is 13.5 Å². The Bertz CT molecular complexity index is 472. The number of benzene rings is 1. The molecule has 1 saturated heterocycles. The van der Waals surface area contributed by atoms with Crippen molar-refractivity contribution in [2.75, 3.05) is 19.3 Å². The lowest BCUT2D eigenvalue weighted by Crippen LogP contribution is -2.28. The van der Waals surface area contributed by atoms with Gasteiger partial charge in [0, 0.05) is 12.8 Å². The van der Waals surface area contributed by atoms with Crippen molar-refractivity contribution in [1.29, 1.82) is 0 Å². The van der Waals surface area contributed by atoms with Gasteiger partial charge in [0.1, 0.15) is 5.60 Å². The van der Waals surface area contributed by atoms with Crippen LogP contribution in [0.3, 0.4) is 0 Å². The van der Waals surface area contributed by atoms with Gasteiger partial charge in [0.15, 0.2) is 9.84 Å². The summed E-state index contributed by atoms with van der Waals surface area (Å²) in [6.45, 7) is 1.30. The molecule has 2 rings (SSSR count). The summed E-state index contributed by atoms with van der Waals surface area (Å²) in [7, 11) is -3.16. The van der Waals surface area contributed by atoms with E-state index in [1.165, 1.54) is 6.26 Å². The molecule has 0 aliphatic carbocycles. The number of sulfone groups is 1. The van der Waals surface area contributed by atoms with Crippen molar-refractivity contribution in [3.05, 3.63) is 29.8 Å². The first-order valence-electron chi connectivity index (χ1n) is 5.15. The van der Waals surface area contributed by atoms with E-state index in [1.807, 2.05) is 0 Å². The fourth-order valence-electron chi connectivity index (χ4n) is 1.94. The SMILES string of the molecule is CS(=O)(=O)c1ccc(C2(O)CCNC2)cc1. The van der Waals surface area contributed by atoms with Gasteiger partial charge in [-0.1, -0.05) is 12.1 Å². The van der Waals surface area contributed by atoms with Gasteiger partial charge in [0.05, 0.1) is 4.90 Å². The molecule has 1 aliphatic heterocycles. The lowest BCUT2D eigenvalue weighted by Gasteiger charge is -2.21. The third-order valence-corrected chi connectivity index (χ3v) is 4.08. The summed E-state index contributed by atoms with van der Waals surface area (Å²) in [5, 5.41) is 13.3. The Labute approximate surface area is 95.2 Å². The van der Waals surface area contributed by atoms with Crippen LogP contribution < -0.4 is 5.32 Å². The fraction of sp³-hybridized carbons (Fsp3) is 0.455. The van der Waals surface area contributed by atoms with Gasteiger partial charge in [-0.25, -0.2) is 8.42 Å². The van der Waals surface area contributed by atoms with E-state index in [9.17, 15) is 13.5 Å². The molecule has 88 valence electrons. The minimum atomic E-state index is -3.16. The molecule has 1 aromatic carbocycles. The Morgan fingerprint density at radius 1 is 1.31 bits per heavy atom. The second kappa shape index (κ2) is 3.84. The van der Waals surface area contributed by atoms with Crippen LogP contribution in [-0.4, -0.2) is 32.9 Å². The molecular formula is C11H15NO3S. The van der Waals surface area contributed by atoms with E-state index in [0.29, 0.717) is 13.0 Å². The highest BCUT2D eigenvalue weighted by Crippen LogP contribution is 2.28. The highest BCUT2D eigenvalue weighted by molar-refractivity contribution is 7.90. The molecule has 1 aliphatic rings. The van der Waals surface area contributed by atoms with Crippen LogP contribution in [-0.2, 0) is 15.4 Å². The quantitative estimate of drug-likeness (QED) is 0.780. The van der Waals surface area contributed by atoms with Crippen molar-refractivity contribution in [1.82, 2.24) is 5.32 Å². The summed E-state index contributed by atoms with van der Waals surface area (Å²) in [6, 6.07) is 6.45. The lowest BCUT2D eigenvalue weighted by molar-refractivity contribution is 0.0587. The molecule has 1 aromatic rings. The van der Waals surface area contributed by atoms with E-state index in [4.69, 9.17) is 0 Å². The van der Waals surface area contributed by atoms with Crippen LogP contribution in [0.4, 0.5) is 0 Å². The molecule has 0 saturated carbocycles. The Morgan fingerprint density at radius 2 is 1.94 bits per heavy atom. The summed E-state index contributed by atoms with van der Waals surface area (Å²) in [5.74, 6) is 0. The van der Waals surface area contributed by atoms with Crippen molar-refractivity contribution >= 4 is 9.84 Å². The molecule has 0 spiro atoms. The van der Waals surface area contributed by atoms with Gasteiger partial charge in [-0.05, 0) is 30.7 Å². The number of β-amino-alcohol motifs (C(OH)–C–C–N with tert-alkyl or cyclic N) is 1. The van der Waals surface area contributed by atoms with Crippen molar-refractivity contribution in [3.63, 3.8) is 0 Å². The molecule has 1 unspecified atom stereocenters. The minimum absolute atomic E-state index is 0.283. The van der Waals surface area contributed by atoms with E-state index in [-0.39, 0.29) is 4.90 Å². The normalized spacial score (nSPS) is 25.9. The van der Waals surface area contributed by atoms with Gasteiger partial charge in [0.2, 0.25) is 0 Å². The van der Waals surface area contributed by atoms with E-state index >= 15 is 0 Å². The third-order valence-electron chi connectivity index (χ3n) is 2.95. The highest BCUT2D eigenvalue weighted by atomic mass is 32.2. The molecule has 5 heteroatoms. The smallest absolute Gasteiger partial charge is 0.175 e. The van der Waals surface area contributed by atoms with Gasteiger partial charge < -0.3 is 10.4 Å². The molecule has 1 heterocycles. The number of hydrogen-bond donors (Lipinski definition) is 2. The number of nitrogens with one attached hydrogen (secondary N) is 1. The van der Waals surface area contributed by atoms with Crippen LogP contribution in [0.2, 0.25) is 0 Å². The molecule has 1 fully saturated rings. The largest absolute Gasteiger partial charge is 0.384 e. The molecule has 16 heavy (non-hydrogen) atoms. The van der Waals surface area contributed by atoms with Crippen LogP contribution in [0.1, 0.15) is 12.0 Å². The zero-order valence-corrected chi connectivity index (χ0v) is 9.92. The van der Waals surface area contributed by atoms with Gasteiger partial charge >= 0.3 is 0 Å². The summed E-state index contributed by atoms with van der Waals surface area (Å²) >= 11 is 0. The molecule has 2 N–H and O–H groups in total. The second-order valence-corrected chi connectivity index (χ2v) is 6.27. The number of hydrogen-bond acceptors (Lipinski definition) is 4. The van der Waals surface area contributed by atoms with Crippen LogP contribution in [0.25, 0.3) is 0 Å². The Hall–Kier alpha value is -0.910. The Kier molecular flexibility index (Phi) is 2.77. The standard InChI is InChI=1S/C11H15NO3S/c1-16(14,15)10-4-2-9(3-5-10)11(13)6-7-12-8-11/h2-5,12-13H,6-8H2,1H3. The molecule has 0 aromatic heterocycles. The molecule has 0 bridgehead atoms. The summed E-state index contributed by atoms with van der Waals surface area (Å²) in [6.07, 6.45) is 1.83. The Morgan fingerprint density at radius 3 is 2.38 bits per heavy atom. The predicted octanol–water partition coefficient (Wildman–Crippen LogP) is 0.271. The average Bonchev–Trinajstić information content (AvgIpc) is 2.66. The summed E-state index contributed by atoms with van der Waals surface area (Å²) in [5.41, 5.74) is -0.0827. The van der Waals surface area contributed by atoms with E-state index in [2.05, 4.69) is 5.32 Å². The first-order chi connectivity index (χ1) is 7.42. The summed E-state index contributed by atoms with van der Waals surface area (Å²) in [4.78, 5) is 0.283. The fourth-order valence-corrected chi connectivity index (χ4v) is 2.57.